The minimum absolute atomic E-state index is 0.0255. The average molecular weight is 222 g/mol. The van der Waals surface area contributed by atoms with Crippen LogP contribution < -0.4 is 4.74 Å². The topological polar surface area (TPSA) is 63.6 Å². The number of carbonyl (C=O) groups is 2. The molecule has 0 amide bonds. The van der Waals surface area contributed by atoms with Crippen molar-refractivity contribution in [2.75, 3.05) is 7.11 Å². The molecular weight excluding hydrogens is 208 g/mol. The summed E-state index contributed by atoms with van der Waals surface area (Å²) in [6.45, 7) is 1.47. The van der Waals surface area contributed by atoms with Crippen LogP contribution in [0.5, 0.6) is 5.75 Å². The van der Waals surface area contributed by atoms with Crippen LogP contribution in [0.2, 0.25) is 0 Å². The minimum Gasteiger partial charge on any atom is -0.496 e. The van der Waals surface area contributed by atoms with Gasteiger partial charge < -0.3 is 9.84 Å². The normalized spacial score (nSPS) is 9.88. The summed E-state index contributed by atoms with van der Waals surface area (Å²) in [7, 11) is 1.52. The molecule has 0 spiro atoms. The van der Waals surface area contributed by atoms with Gasteiger partial charge in [-0.05, 0) is 37.1 Å². The molecule has 4 heteroatoms. The van der Waals surface area contributed by atoms with E-state index in [1.807, 2.05) is 0 Å². The van der Waals surface area contributed by atoms with Crippen LogP contribution >= 0.6 is 0 Å². The van der Waals surface area contributed by atoms with E-state index in [1.165, 1.54) is 14.0 Å². The number of Topliss-reactive ketones (excluding diaryl/α,β-unsaturated/α-hetero) is 1. The van der Waals surface area contributed by atoms with Gasteiger partial charge in [-0.15, -0.1) is 0 Å². The van der Waals surface area contributed by atoms with Gasteiger partial charge in [0.25, 0.3) is 0 Å². The highest BCUT2D eigenvalue weighted by atomic mass is 16.5. The second-order valence-corrected chi connectivity index (χ2v) is 3.48. The van der Waals surface area contributed by atoms with E-state index >= 15 is 0 Å². The second kappa shape index (κ2) is 5.30. The molecule has 0 atom stereocenters. The lowest BCUT2D eigenvalue weighted by molar-refractivity contribution is -0.136. The van der Waals surface area contributed by atoms with Crippen molar-refractivity contribution in [2.45, 2.75) is 19.8 Å². The highest BCUT2D eigenvalue weighted by molar-refractivity contribution is 5.94. The Balaban J connectivity index is 2.97. The lowest BCUT2D eigenvalue weighted by Crippen LogP contribution is -2.01. The summed E-state index contributed by atoms with van der Waals surface area (Å²) >= 11 is 0. The predicted molar refractivity (Wildman–Crippen MR) is 59.0 cm³/mol. The summed E-state index contributed by atoms with van der Waals surface area (Å²) in [5, 5.41) is 8.61. The standard InChI is InChI=1S/C12H14O4/c1-8(13)9-3-5-11(16-2)10(7-9)4-6-12(14)15/h3,5,7H,4,6H2,1-2H3,(H,14,15). The first-order chi connectivity index (χ1) is 7.54. The zero-order chi connectivity index (χ0) is 12.1. The van der Waals surface area contributed by atoms with Crippen LogP contribution in [0.25, 0.3) is 0 Å². The summed E-state index contributed by atoms with van der Waals surface area (Å²) in [6.07, 6.45) is 0.386. The Morgan fingerprint density at radius 2 is 2.06 bits per heavy atom. The molecule has 0 heterocycles. The number of aryl methyl sites for hydroxylation is 1. The van der Waals surface area contributed by atoms with E-state index in [0.717, 1.165) is 5.56 Å². The Hall–Kier alpha value is -1.84. The van der Waals surface area contributed by atoms with Gasteiger partial charge in [-0.25, -0.2) is 0 Å². The number of methoxy groups -OCH3 is 1. The highest BCUT2D eigenvalue weighted by Gasteiger charge is 2.08. The van der Waals surface area contributed by atoms with Gasteiger partial charge >= 0.3 is 5.97 Å². The molecule has 0 radical (unpaired) electrons. The van der Waals surface area contributed by atoms with Crippen LogP contribution in [0, 0.1) is 0 Å². The number of carbonyl (C=O) groups excluding carboxylic acids is 1. The van der Waals surface area contributed by atoms with Gasteiger partial charge in [0.05, 0.1) is 7.11 Å². The molecule has 1 rings (SSSR count). The first kappa shape index (κ1) is 12.2. The van der Waals surface area contributed by atoms with E-state index in [-0.39, 0.29) is 12.2 Å². The summed E-state index contributed by atoms with van der Waals surface area (Å²) in [5.74, 6) is -0.291. The molecule has 0 aliphatic carbocycles. The molecule has 1 N–H and O–H groups in total. The van der Waals surface area contributed by atoms with Gasteiger partial charge in [0, 0.05) is 12.0 Å². The van der Waals surface area contributed by atoms with Crippen LogP contribution in [-0.4, -0.2) is 24.0 Å². The molecule has 0 fully saturated rings. The molecular formula is C12H14O4. The molecule has 1 aromatic rings. The second-order valence-electron chi connectivity index (χ2n) is 3.48. The number of hydrogen-bond acceptors (Lipinski definition) is 3. The van der Waals surface area contributed by atoms with Gasteiger partial charge in [0.2, 0.25) is 0 Å². The molecule has 0 saturated heterocycles. The summed E-state index contributed by atoms with van der Waals surface area (Å²) in [4.78, 5) is 21.7. The first-order valence-electron chi connectivity index (χ1n) is 4.94. The predicted octanol–water partition coefficient (Wildman–Crippen LogP) is 1.92. The maximum atomic E-state index is 11.2. The Kier molecular flexibility index (Phi) is 4.05. The fourth-order valence-electron chi connectivity index (χ4n) is 1.43. The van der Waals surface area contributed by atoms with Crippen molar-refractivity contribution in [1.82, 2.24) is 0 Å². The first-order valence-corrected chi connectivity index (χ1v) is 4.94. The van der Waals surface area contributed by atoms with E-state index in [2.05, 4.69) is 0 Å². The third-order valence-corrected chi connectivity index (χ3v) is 2.30. The number of hydrogen-bond donors (Lipinski definition) is 1. The zero-order valence-corrected chi connectivity index (χ0v) is 9.32. The zero-order valence-electron chi connectivity index (χ0n) is 9.32. The minimum atomic E-state index is -0.865. The van der Waals surface area contributed by atoms with E-state index < -0.39 is 5.97 Å². The van der Waals surface area contributed by atoms with Crippen LogP contribution in [0.1, 0.15) is 29.3 Å². The quantitative estimate of drug-likeness (QED) is 0.773. The van der Waals surface area contributed by atoms with Crippen molar-refractivity contribution < 1.29 is 19.4 Å². The monoisotopic (exact) mass is 222 g/mol. The number of carboxylic acid groups (broad SMARTS) is 1. The van der Waals surface area contributed by atoms with Crippen molar-refractivity contribution in [2.24, 2.45) is 0 Å². The molecule has 86 valence electrons. The van der Waals surface area contributed by atoms with E-state index in [9.17, 15) is 9.59 Å². The van der Waals surface area contributed by atoms with Crippen LogP contribution in [0.3, 0.4) is 0 Å². The fourth-order valence-corrected chi connectivity index (χ4v) is 1.43. The van der Waals surface area contributed by atoms with E-state index in [0.29, 0.717) is 17.7 Å². The lowest BCUT2D eigenvalue weighted by Gasteiger charge is -2.08. The Bertz CT molecular complexity index is 409. The third kappa shape index (κ3) is 3.08. The largest absolute Gasteiger partial charge is 0.496 e. The Morgan fingerprint density at radius 3 is 2.56 bits per heavy atom. The van der Waals surface area contributed by atoms with Crippen LogP contribution in [0.15, 0.2) is 18.2 Å². The van der Waals surface area contributed by atoms with Crippen molar-refractivity contribution in [1.29, 1.82) is 0 Å². The lowest BCUT2D eigenvalue weighted by atomic mass is 10.0. The van der Waals surface area contributed by atoms with Crippen molar-refractivity contribution in [3.05, 3.63) is 29.3 Å². The Morgan fingerprint density at radius 1 is 1.38 bits per heavy atom. The molecule has 1 aromatic carbocycles. The van der Waals surface area contributed by atoms with E-state index in [4.69, 9.17) is 9.84 Å². The van der Waals surface area contributed by atoms with Gasteiger partial charge in [0.1, 0.15) is 5.75 Å². The maximum absolute atomic E-state index is 11.2. The summed E-state index contributed by atoms with van der Waals surface area (Å²) < 4.78 is 5.11. The van der Waals surface area contributed by atoms with Crippen molar-refractivity contribution in [3.8, 4) is 5.75 Å². The summed E-state index contributed by atoms with van der Waals surface area (Å²) in [5.41, 5.74) is 1.32. The molecule has 0 aliphatic rings. The highest BCUT2D eigenvalue weighted by Crippen LogP contribution is 2.21. The molecule has 0 unspecified atom stereocenters. The maximum Gasteiger partial charge on any atom is 0.303 e. The number of ketones is 1. The SMILES string of the molecule is COc1ccc(C(C)=O)cc1CCC(=O)O. The van der Waals surface area contributed by atoms with Crippen molar-refractivity contribution >= 4 is 11.8 Å². The fraction of sp³-hybridized carbons (Fsp3) is 0.333. The third-order valence-electron chi connectivity index (χ3n) is 2.30. The van der Waals surface area contributed by atoms with Crippen LogP contribution in [0.4, 0.5) is 0 Å². The van der Waals surface area contributed by atoms with Gasteiger partial charge in [0.15, 0.2) is 5.78 Å². The molecule has 0 aromatic heterocycles. The number of ether oxygens (including phenoxy) is 1. The summed E-state index contributed by atoms with van der Waals surface area (Å²) in [6, 6.07) is 5.05. The molecule has 0 aliphatic heterocycles. The van der Waals surface area contributed by atoms with Gasteiger partial charge in [-0.3, -0.25) is 9.59 Å². The smallest absolute Gasteiger partial charge is 0.303 e. The van der Waals surface area contributed by atoms with E-state index in [1.54, 1.807) is 18.2 Å². The molecule has 0 bridgehead atoms. The number of aliphatic carboxylic acids is 1. The number of benzene rings is 1. The van der Waals surface area contributed by atoms with Gasteiger partial charge in [-0.2, -0.15) is 0 Å². The molecule has 4 nitrogen and oxygen atoms in total. The Labute approximate surface area is 93.9 Å². The van der Waals surface area contributed by atoms with Crippen molar-refractivity contribution in [3.63, 3.8) is 0 Å². The average Bonchev–Trinajstić information content (AvgIpc) is 2.25. The number of carboxylic acids is 1. The van der Waals surface area contributed by atoms with Gasteiger partial charge in [-0.1, -0.05) is 0 Å². The number of rotatable bonds is 5. The molecule has 16 heavy (non-hydrogen) atoms. The molecule has 0 saturated carbocycles. The van der Waals surface area contributed by atoms with Crippen LogP contribution in [-0.2, 0) is 11.2 Å².